The summed E-state index contributed by atoms with van der Waals surface area (Å²) in [5, 5.41) is 8.46. The number of nitrogens with one attached hydrogen (secondary N) is 1. The zero-order valence-corrected chi connectivity index (χ0v) is 19.6. The van der Waals surface area contributed by atoms with Gasteiger partial charge in [0.15, 0.2) is 0 Å². The molecule has 1 fully saturated rings. The molecule has 0 aliphatic heterocycles. The maximum Gasteiger partial charge on any atom is 0.217 e. The van der Waals surface area contributed by atoms with Gasteiger partial charge in [-0.3, -0.25) is 4.79 Å². The van der Waals surface area contributed by atoms with Crippen molar-refractivity contribution in [3.63, 3.8) is 0 Å². The second-order valence-electron chi connectivity index (χ2n) is 9.48. The lowest BCUT2D eigenvalue weighted by molar-refractivity contribution is -0.119. The van der Waals surface area contributed by atoms with Gasteiger partial charge in [0, 0.05) is 11.9 Å². The standard InChI is InChI=1S/C27H27ClFN3O/c1-17(33)31-25(18-3-7-22(28)8-4-18)13-20-5-6-21-14-26-19(15-27(20,21)2)16-30-32(26)24-11-9-23(29)10-12-24/h3-4,7-12,14,16,20,25H,5-6,13,15H2,1-2H3,(H,31,33)/t20-,25?,27-/m1/s1. The van der Waals surface area contributed by atoms with Crippen molar-refractivity contribution < 1.29 is 9.18 Å². The molecule has 3 atom stereocenters. The largest absolute Gasteiger partial charge is 0.350 e. The van der Waals surface area contributed by atoms with E-state index in [1.807, 2.05) is 35.1 Å². The van der Waals surface area contributed by atoms with E-state index in [1.54, 1.807) is 19.1 Å². The van der Waals surface area contributed by atoms with Gasteiger partial charge in [-0.15, -0.1) is 0 Å². The van der Waals surface area contributed by atoms with Gasteiger partial charge in [-0.25, -0.2) is 9.07 Å². The Kier molecular flexibility index (Phi) is 5.61. The SMILES string of the molecule is CC(=O)NC(C[C@H]1CCC2=Cc3c(cnn3-c3ccc(F)cc3)C[C@@]21C)c1ccc(Cl)cc1. The van der Waals surface area contributed by atoms with Crippen LogP contribution in [0.1, 0.15) is 56.0 Å². The minimum absolute atomic E-state index is 0.0206. The monoisotopic (exact) mass is 463 g/mol. The van der Waals surface area contributed by atoms with E-state index in [9.17, 15) is 9.18 Å². The molecule has 4 nitrogen and oxygen atoms in total. The van der Waals surface area contributed by atoms with Crippen molar-refractivity contribution in [2.24, 2.45) is 11.3 Å². The number of carbonyl (C=O) groups excluding carboxylic acids is 1. The zero-order valence-electron chi connectivity index (χ0n) is 18.8. The Labute approximate surface area is 198 Å². The molecule has 33 heavy (non-hydrogen) atoms. The Morgan fingerprint density at radius 2 is 1.97 bits per heavy atom. The molecule has 1 unspecified atom stereocenters. The average Bonchev–Trinajstić information content (AvgIpc) is 3.32. The van der Waals surface area contributed by atoms with Crippen molar-refractivity contribution in [1.82, 2.24) is 15.1 Å². The fourth-order valence-electron chi connectivity index (χ4n) is 5.60. The number of benzene rings is 2. The number of carbonyl (C=O) groups is 1. The number of aromatic nitrogens is 2. The lowest BCUT2D eigenvalue weighted by Gasteiger charge is -2.37. The minimum Gasteiger partial charge on any atom is -0.350 e. The Hall–Kier alpha value is -2.92. The molecule has 1 N–H and O–H groups in total. The summed E-state index contributed by atoms with van der Waals surface area (Å²) in [5.74, 6) is 0.151. The molecule has 2 aliphatic carbocycles. The normalized spacial score (nSPS) is 22.3. The molecule has 0 bridgehead atoms. The number of rotatable bonds is 5. The van der Waals surface area contributed by atoms with E-state index in [0.717, 1.165) is 42.6 Å². The molecule has 1 aromatic heterocycles. The molecular formula is C27H27ClFN3O. The number of fused-ring (bicyclic) bond motifs is 2. The second kappa shape index (κ2) is 8.45. The number of hydrogen-bond acceptors (Lipinski definition) is 2. The van der Waals surface area contributed by atoms with Gasteiger partial charge < -0.3 is 5.32 Å². The van der Waals surface area contributed by atoms with E-state index in [0.29, 0.717) is 10.9 Å². The van der Waals surface area contributed by atoms with Crippen LogP contribution >= 0.6 is 11.6 Å². The molecule has 1 amide bonds. The van der Waals surface area contributed by atoms with E-state index in [4.69, 9.17) is 11.6 Å². The Bertz CT molecular complexity index is 1220. The topological polar surface area (TPSA) is 46.9 Å². The highest BCUT2D eigenvalue weighted by Crippen LogP contribution is 2.55. The number of halogens is 2. The summed E-state index contributed by atoms with van der Waals surface area (Å²) in [6, 6.07) is 14.2. The smallest absolute Gasteiger partial charge is 0.217 e. The third-order valence-electron chi connectivity index (χ3n) is 7.39. The average molecular weight is 464 g/mol. The van der Waals surface area contributed by atoms with Gasteiger partial charge >= 0.3 is 0 Å². The van der Waals surface area contributed by atoms with E-state index >= 15 is 0 Å². The molecule has 3 aromatic rings. The Morgan fingerprint density at radius 1 is 1.24 bits per heavy atom. The van der Waals surface area contributed by atoms with Crippen molar-refractivity contribution in [1.29, 1.82) is 0 Å². The molecule has 0 spiro atoms. The highest BCUT2D eigenvalue weighted by atomic mass is 35.5. The van der Waals surface area contributed by atoms with Gasteiger partial charge in [-0.1, -0.05) is 36.2 Å². The molecule has 1 saturated carbocycles. The van der Waals surface area contributed by atoms with Crippen LogP contribution in [0.3, 0.4) is 0 Å². The highest BCUT2D eigenvalue weighted by Gasteiger charge is 2.46. The van der Waals surface area contributed by atoms with Crippen LogP contribution < -0.4 is 5.32 Å². The first kappa shape index (κ1) is 21.9. The lowest BCUT2D eigenvalue weighted by Crippen LogP contribution is -2.34. The van der Waals surface area contributed by atoms with Crippen LogP contribution in [0.25, 0.3) is 11.8 Å². The number of nitrogens with zero attached hydrogens (tertiary/aromatic N) is 2. The van der Waals surface area contributed by atoms with Crippen LogP contribution in [0.4, 0.5) is 4.39 Å². The van der Waals surface area contributed by atoms with Gasteiger partial charge in [0.2, 0.25) is 5.91 Å². The third-order valence-corrected chi connectivity index (χ3v) is 7.64. The van der Waals surface area contributed by atoms with E-state index < -0.39 is 0 Å². The molecule has 2 aliphatic rings. The maximum atomic E-state index is 13.4. The number of amides is 1. The summed E-state index contributed by atoms with van der Waals surface area (Å²) in [7, 11) is 0. The molecule has 2 aromatic carbocycles. The van der Waals surface area contributed by atoms with Gasteiger partial charge in [0.05, 0.1) is 23.6 Å². The molecule has 1 heterocycles. The van der Waals surface area contributed by atoms with Crippen molar-refractivity contribution >= 4 is 23.6 Å². The lowest BCUT2D eigenvalue weighted by atomic mass is 9.68. The molecule has 170 valence electrons. The van der Waals surface area contributed by atoms with Crippen molar-refractivity contribution in [2.75, 3.05) is 0 Å². The van der Waals surface area contributed by atoms with Gasteiger partial charge in [-0.05, 0) is 90.6 Å². The van der Waals surface area contributed by atoms with Crippen molar-refractivity contribution in [2.45, 2.75) is 45.6 Å². The third kappa shape index (κ3) is 4.10. The van der Waals surface area contributed by atoms with E-state index in [1.165, 1.54) is 23.3 Å². The molecule has 5 rings (SSSR count). The van der Waals surface area contributed by atoms with Crippen molar-refractivity contribution in [3.8, 4) is 5.69 Å². The first-order valence-electron chi connectivity index (χ1n) is 11.4. The predicted molar refractivity (Wildman–Crippen MR) is 129 cm³/mol. The highest BCUT2D eigenvalue weighted by molar-refractivity contribution is 6.30. The molecule has 0 saturated heterocycles. The number of allylic oxidation sites excluding steroid dienone is 1. The number of hydrogen-bond donors (Lipinski definition) is 1. The summed E-state index contributed by atoms with van der Waals surface area (Å²) in [6.45, 7) is 3.92. The first-order chi connectivity index (χ1) is 15.8. The van der Waals surface area contributed by atoms with Crippen LogP contribution in [0, 0.1) is 17.2 Å². The van der Waals surface area contributed by atoms with Crippen LogP contribution in [-0.2, 0) is 11.2 Å². The summed E-state index contributed by atoms with van der Waals surface area (Å²) in [4.78, 5) is 12.0. The Morgan fingerprint density at radius 3 is 2.67 bits per heavy atom. The van der Waals surface area contributed by atoms with E-state index in [-0.39, 0.29) is 23.2 Å². The minimum atomic E-state index is -0.251. The molecule has 0 radical (unpaired) electrons. The zero-order chi connectivity index (χ0) is 23.2. The van der Waals surface area contributed by atoms with Crippen LogP contribution in [0.15, 0.2) is 60.3 Å². The fraction of sp³-hybridized carbons (Fsp3) is 0.333. The first-order valence-corrected chi connectivity index (χ1v) is 11.8. The summed E-state index contributed by atoms with van der Waals surface area (Å²) in [5.41, 5.74) is 5.69. The summed E-state index contributed by atoms with van der Waals surface area (Å²) < 4.78 is 15.3. The van der Waals surface area contributed by atoms with E-state index in [2.05, 4.69) is 23.4 Å². The van der Waals surface area contributed by atoms with Gasteiger partial charge in [-0.2, -0.15) is 5.10 Å². The van der Waals surface area contributed by atoms with Crippen LogP contribution in [0.2, 0.25) is 5.02 Å². The summed E-state index contributed by atoms with van der Waals surface area (Å²) in [6.07, 6.45) is 8.12. The molecular weight excluding hydrogens is 437 g/mol. The summed E-state index contributed by atoms with van der Waals surface area (Å²) >= 11 is 6.09. The van der Waals surface area contributed by atoms with Crippen molar-refractivity contribution in [3.05, 3.63) is 88.0 Å². The fourth-order valence-corrected chi connectivity index (χ4v) is 5.73. The molecule has 6 heteroatoms. The van der Waals surface area contributed by atoms with Gasteiger partial charge in [0.1, 0.15) is 5.82 Å². The maximum absolute atomic E-state index is 13.4. The van der Waals surface area contributed by atoms with Crippen LogP contribution in [0.5, 0.6) is 0 Å². The predicted octanol–water partition coefficient (Wildman–Crippen LogP) is 6.29. The van der Waals surface area contributed by atoms with Crippen LogP contribution in [-0.4, -0.2) is 15.7 Å². The second-order valence-corrected chi connectivity index (χ2v) is 9.92. The quantitative estimate of drug-likeness (QED) is 0.483. The van der Waals surface area contributed by atoms with Gasteiger partial charge in [0.25, 0.3) is 0 Å². The Balaban J connectivity index is 1.43.